The number of amides is 2. The summed E-state index contributed by atoms with van der Waals surface area (Å²) < 4.78 is 49.0. The molecule has 0 bridgehead atoms. The van der Waals surface area contributed by atoms with Crippen LogP contribution in [-0.4, -0.2) is 36.3 Å². The van der Waals surface area contributed by atoms with Crippen LogP contribution in [0, 0.1) is 0 Å². The predicted molar refractivity (Wildman–Crippen MR) is 113 cm³/mol. The molecule has 0 fully saturated rings. The maximum Gasteiger partial charge on any atom is 0.416 e. The standard InChI is InChI=1S/C21H20F3N5O3/c1-31-10-9-25-18-12-19(27-13-26-18)32-17-7-5-15(6-8-17)28-20(30)29-16-4-2-3-14(11-16)21(22,23)24/h2-8,11-13H,9-10H2,1H3,(H,25,26,27)(H2,28,29,30). The number of aromatic nitrogens is 2. The van der Waals surface area contributed by atoms with Crippen molar-refractivity contribution < 1.29 is 27.4 Å². The van der Waals surface area contributed by atoms with Gasteiger partial charge in [-0.1, -0.05) is 6.07 Å². The van der Waals surface area contributed by atoms with Crippen molar-refractivity contribution in [3.05, 3.63) is 66.5 Å². The molecule has 32 heavy (non-hydrogen) atoms. The molecular formula is C21H20F3N5O3. The number of carbonyl (C=O) groups is 1. The number of hydrogen-bond acceptors (Lipinski definition) is 6. The predicted octanol–water partition coefficient (Wildman–Crippen LogP) is 4.99. The first-order chi connectivity index (χ1) is 15.3. The zero-order valence-electron chi connectivity index (χ0n) is 16.9. The lowest BCUT2D eigenvalue weighted by atomic mass is 10.2. The summed E-state index contributed by atoms with van der Waals surface area (Å²) in [6.45, 7) is 1.10. The van der Waals surface area contributed by atoms with Crippen LogP contribution >= 0.6 is 0 Å². The topological polar surface area (TPSA) is 97.4 Å². The molecule has 2 aromatic carbocycles. The van der Waals surface area contributed by atoms with Gasteiger partial charge in [0.25, 0.3) is 0 Å². The van der Waals surface area contributed by atoms with Crippen LogP contribution in [-0.2, 0) is 10.9 Å². The molecule has 168 valence electrons. The summed E-state index contributed by atoms with van der Waals surface area (Å²) in [6, 6.07) is 11.7. The maximum absolute atomic E-state index is 12.8. The van der Waals surface area contributed by atoms with E-state index in [0.717, 1.165) is 12.1 Å². The highest BCUT2D eigenvalue weighted by Gasteiger charge is 2.30. The van der Waals surface area contributed by atoms with E-state index in [2.05, 4.69) is 25.9 Å². The summed E-state index contributed by atoms with van der Waals surface area (Å²) in [5.41, 5.74) is -0.402. The number of ether oxygens (including phenoxy) is 2. The molecule has 1 heterocycles. The average molecular weight is 447 g/mol. The van der Waals surface area contributed by atoms with Crippen LogP contribution in [0.2, 0.25) is 0 Å². The second-order valence-electron chi connectivity index (χ2n) is 6.45. The molecule has 0 radical (unpaired) electrons. The summed E-state index contributed by atoms with van der Waals surface area (Å²) >= 11 is 0. The summed E-state index contributed by atoms with van der Waals surface area (Å²) in [5.74, 6) is 1.37. The Labute approximate surface area is 181 Å². The van der Waals surface area contributed by atoms with E-state index in [9.17, 15) is 18.0 Å². The Hall–Kier alpha value is -3.86. The van der Waals surface area contributed by atoms with E-state index < -0.39 is 17.8 Å². The quantitative estimate of drug-likeness (QED) is 0.421. The zero-order valence-corrected chi connectivity index (χ0v) is 16.9. The first kappa shape index (κ1) is 22.8. The van der Waals surface area contributed by atoms with Crippen molar-refractivity contribution in [3.8, 4) is 11.6 Å². The van der Waals surface area contributed by atoms with Gasteiger partial charge in [-0.15, -0.1) is 0 Å². The van der Waals surface area contributed by atoms with Crippen molar-refractivity contribution >= 4 is 23.2 Å². The van der Waals surface area contributed by atoms with Crippen LogP contribution in [0.4, 0.5) is 35.2 Å². The number of anilines is 3. The lowest BCUT2D eigenvalue weighted by Gasteiger charge is -2.11. The van der Waals surface area contributed by atoms with Gasteiger partial charge in [-0.3, -0.25) is 0 Å². The van der Waals surface area contributed by atoms with Gasteiger partial charge in [-0.05, 0) is 42.5 Å². The lowest BCUT2D eigenvalue weighted by molar-refractivity contribution is -0.137. The molecular weight excluding hydrogens is 427 g/mol. The molecule has 1 aromatic heterocycles. The summed E-state index contributed by atoms with van der Waals surface area (Å²) in [7, 11) is 1.60. The number of methoxy groups -OCH3 is 1. The molecule has 0 aliphatic carbocycles. The molecule has 0 spiro atoms. The molecule has 0 saturated carbocycles. The molecule has 0 aliphatic rings. The van der Waals surface area contributed by atoms with E-state index in [1.807, 2.05) is 0 Å². The third kappa shape index (κ3) is 6.84. The summed E-state index contributed by atoms with van der Waals surface area (Å²) in [6.07, 6.45) is -3.13. The third-order valence-electron chi connectivity index (χ3n) is 4.04. The van der Waals surface area contributed by atoms with Crippen molar-refractivity contribution in [2.45, 2.75) is 6.18 Å². The van der Waals surface area contributed by atoms with Crippen LogP contribution < -0.4 is 20.7 Å². The molecule has 0 atom stereocenters. The Morgan fingerprint density at radius 3 is 2.47 bits per heavy atom. The Kier molecular flexibility index (Phi) is 7.45. The second kappa shape index (κ2) is 10.4. The van der Waals surface area contributed by atoms with Crippen molar-refractivity contribution in [3.63, 3.8) is 0 Å². The van der Waals surface area contributed by atoms with Crippen LogP contribution in [0.25, 0.3) is 0 Å². The van der Waals surface area contributed by atoms with Gasteiger partial charge < -0.3 is 25.4 Å². The number of carbonyl (C=O) groups excluding carboxylic acids is 1. The summed E-state index contributed by atoms with van der Waals surface area (Å²) in [4.78, 5) is 20.2. The van der Waals surface area contributed by atoms with Crippen LogP contribution in [0.1, 0.15) is 5.56 Å². The van der Waals surface area contributed by atoms with Gasteiger partial charge in [0.2, 0.25) is 5.88 Å². The van der Waals surface area contributed by atoms with Crippen molar-refractivity contribution in [2.75, 3.05) is 36.2 Å². The highest BCUT2D eigenvalue weighted by atomic mass is 19.4. The number of alkyl halides is 3. The monoisotopic (exact) mass is 447 g/mol. The van der Waals surface area contributed by atoms with Gasteiger partial charge in [-0.25, -0.2) is 14.8 Å². The number of benzene rings is 2. The summed E-state index contributed by atoms with van der Waals surface area (Å²) in [5, 5.41) is 7.97. The number of nitrogens with one attached hydrogen (secondary N) is 3. The zero-order chi connectivity index (χ0) is 23.0. The maximum atomic E-state index is 12.8. The van der Waals surface area contributed by atoms with Gasteiger partial charge in [-0.2, -0.15) is 13.2 Å². The molecule has 3 aromatic rings. The normalized spacial score (nSPS) is 11.0. The largest absolute Gasteiger partial charge is 0.439 e. The first-order valence-corrected chi connectivity index (χ1v) is 9.41. The smallest absolute Gasteiger partial charge is 0.416 e. The van der Waals surface area contributed by atoms with Crippen LogP contribution in [0.5, 0.6) is 11.6 Å². The Morgan fingerprint density at radius 1 is 1.00 bits per heavy atom. The molecule has 0 aliphatic heterocycles. The molecule has 2 amide bonds. The molecule has 0 unspecified atom stereocenters. The van der Waals surface area contributed by atoms with Gasteiger partial charge in [0.05, 0.1) is 12.2 Å². The van der Waals surface area contributed by atoms with E-state index in [-0.39, 0.29) is 5.69 Å². The molecule has 3 rings (SSSR count). The van der Waals surface area contributed by atoms with E-state index in [1.165, 1.54) is 18.5 Å². The first-order valence-electron chi connectivity index (χ1n) is 9.41. The fraction of sp³-hybridized carbons (Fsp3) is 0.190. The highest BCUT2D eigenvalue weighted by Crippen LogP contribution is 2.30. The van der Waals surface area contributed by atoms with Gasteiger partial charge in [0, 0.05) is 31.1 Å². The average Bonchev–Trinajstić information content (AvgIpc) is 2.75. The Balaban J connectivity index is 1.56. The van der Waals surface area contributed by atoms with E-state index in [0.29, 0.717) is 36.3 Å². The Bertz CT molecular complexity index is 1050. The van der Waals surface area contributed by atoms with Crippen molar-refractivity contribution in [2.24, 2.45) is 0 Å². The second-order valence-corrected chi connectivity index (χ2v) is 6.45. The minimum Gasteiger partial charge on any atom is -0.439 e. The fourth-order valence-electron chi connectivity index (χ4n) is 2.57. The van der Waals surface area contributed by atoms with E-state index in [4.69, 9.17) is 9.47 Å². The number of nitrogens with zero attached hydrogens (tertiary/aromatic N) is 2. The molecule has 11 heteroatoms. The Morgan fingerprint density at radius 2 is 1.75 bits per heavy atom. The number of halogens is 3. The number of urea groups is 1. The highest BCUT2D eigenvalue weighted by molar-refractivity contribution is 5.99. The van der Waals surface area contributed by atoms with E-state index >= 15 is 0 Å². The van der Waals surface area contributed by atoms with Crippen molar-refractivity contribution in [1.82, 2.24) is 9.97 Å². The third-order valence-corrected chi connectivity index (χ3v) is 4.04. The van der Waals surface area contributed by atoms with Gasteiger partial charge in [0.15, 0.2) is 0 Å². The SMILES string of the molecule is COCCNc1cc(Oc2ccc(NC(=O)Nc3cccc(C(F)(F)F)c3)cc2)ncn1. The lowest BCUT2D eigenvalue weighted by Crippen LogP contribution is -2.19. The van der Waals surface area contributed by atoms with Crippen molar-refractivity contribution in [1.29, 1.82) is 0 Å². The molecule has 0 saturated heterocycles. The number of rotatable bonds is 8. The van der Waals surface area contributed by atoms with Crippen LogP contribution in [0.3, 0.4) is 0 Å². The minimum absolute atomic E-state index is 0.0240. The van der Waals surface area contributed by atoms with Crippen LogP contribution in [0.15, 0.2) is 60.9 Å². The number of hydrogen-bond donors (Lipinski definition) is 3. The van der Waals surface area contributed by atoms with Gasteiger partial charge in [0.1, 0.15) is 17.9 Å². The fourth-order valence-corrected chi connectivity index (χ4v) is 2.57. The molecule has 8 nitrogen and oxygen atoms in total. The molecule has 3 N–H and O–H groups in total. The van der Waals surface area contributed by atoms with E-state index in [1.54, 1.807) is 37.4 Å². The van der Waals surface area contributed by atoms with Gasteiger partial charge >= 0.3 is 12.2 Å². The minimum atomic E-state index is -4.49.